The van der Waals surface area contributed by atoms with Crippen molar-refractivity contribution in [2.45, 2.75) is 31.5 Å². The van der Waals surface area contributed by atoms with E-state index in [1.807, 2.05) is 19.2 Å². The number of benzene rings is 1. The van der Waals surface area contributed by atoms with E-state index in [9.17, 15) is 0 Å². The third-order valence-electron chi connectivity index (χ3n) is 3.53. The Morgan fingerprint density at radius 3 is 2.84 bits per heavy atom. The number of halogens is 1. The summed E-state index contributed by atoms with van der Waals surface area (Å²) in [5, 5.41) is 0.819. The second kappa shape index (κ2) is 5.33. The van der Waals surface area contributed by atoms with Crippen LogP contribution in [0.3, 0.4) is 0 Å². The van der Waals surface area contributed by atoms with Crippen LogP contribution in [-0.4, -0.2) is 4.98 Å². The van der Waals surface area contributed by atoms with Crippen molar-refractivity contribution in [3.63, 3.8) is 0 Å². The molecular formula is C16H16BrNO. The Labute approximate surface area is 122 Å². The summed E-state index contributed by atoms with van der Waals surface area (Å²) in [6.07, 6.45) is 5.48. The zero-order chi connectivity index (χ0) is 13.2. The number of alkyl halides is 1. The minimum absolute atomic E-state index is 0.697. The molecule has 0 unspecified atom stereocenters. The predicted molar refractivity (Wildman–Crippen MR) is 80.1 cm³/mol. The molecule has 2 aromatic rings. The van der Waals surface area contributed by atoms with Crippen LogP contribution >= 0.6 is 15.9 Å². The molecule has 0 aliphatic heterocycles. The highest BCUT2D eigenvalue weighted by molar-refractivity contribution is 9.08. The van der Waals surface area contributed by atoms with Crippen LogP contribution in [0.1, 0.15) is 28.7 Å². The van der Waals surface area contributed by atoms with Crippen LogP contribution in [0.2, 0.25) is 0 Å². The normalized spacial score (nSPS) is 13.4. The molecule has 3 rings (SSSR count). The number of hydrogen-bond donors (Lipinski definition) is 0. The van der Waals surface area contributed by atoms with Gasteiger partial charge in [0.15, 0.2) is 0 Å². The Hall–Kier alpha value is -1.35. The molecule has 0 amide bonds. The van der Waals surface area contributed by atoms with Crippen LogP contribution < -0.4 is 4.74 Å². The van der Waals surface area contributed by atoms with Gasteiger partial charge in [-0.2, -0.15) is 0 Å². The summed E-state index contributed by atoms with van der Waals surface area (Å²) in [4.78, 5) is 4.39. The number of rotatable bonds is 3. The molecule has 1 aromatic carbocycles. The molecule has 1 aromatic heterocycles. The Morgan fingerprint density at radius 2 is 2.05 bits per heavy atom. The van der Waals surface area contributed by atoms with Gasteiger partial charge in [-0.25, -0.2) is 4.98 Å². The zero-order valence-electron chi connectivity index (χ0n) is 10.9. The molecule has 0 fully saturated rings. The Balaban J connectivity index is 1.85. The third-order valence-corrected chi connectivity index (χ3v) is 4.17. The van der Waals surface area contributed by atoms with E-state index in [1.165, 1.54) is 36.0 Å². The first-order valence-corrected chi connectivity index (χ1v) is 7.69. The molecule has 0 atom stereocenters. The zero-order valence-corrected chi connectivity index (χ0v) is 12.5. The van der Waals surface area contributed by atoms with Crippen LogP contribution in [0.15, 0.2) is 30.5 Å². The number of fused-ring (bicyclic) bond motifs is 1. The lowest BCUT2D eigenvalue weighted by molar-refractivity contribution is 0.458. The molecule has 1 aliphatic rings. The summed E-state index contributed by atoms with van der Waals surface area (Å²) in [7, 11) is 0. The maximum atomic E-state index is 5.91. The van der Waals surface area contributed by atoms with Crippen LogP contribution in [0, 0.1) is 6.92 Å². The molecule has 19 heavy (non-hydrogen) atoms. The minimum atomic E-state index is 0.697. The summed E-state index contributed by atoms with van der Waals surface area (Å²) < 4.78 is 5.91. The van der Waals surface area contributed by atoms with E-state index in [0.717, 1.165) is 16.6 Å². The van der Waals surface area contributed by atoms with Gasteiger partial charge in [0.1, 0.15) is 5.75 Å². The van der Waals surface area contributed by atoms with Crippen molar-refractivity contribution in [1.29, 1.82) is 0 Å². The Kier molecular flexibility index (Phi) is 3.56. The Bertz CT molecular complexity index is 610. The van der Waals surface area contributed by atoms with Gasteiger partial charge in [-0.15, -0.1) is 0 Å². The van der Waals surface area contributed by atoms with Crippen LogP contribution in [0.4, 0.5) is 0 Å². The maximum Gasteiger partial charge on any atom is 0.222 e. The van der Waals surface area contributed by atoms with Crippen molar-refractivity contribution in [3.8, 4) is 11.6 Å². The van der Waals surface area contributed by atoms with Crippen molar-refractivity contribution < 1.29 is 4.74 Å². The first kappa shape index (κ1) is 12.7. The van der Waals surface area contributed by atoms with Crippen LogP contribution in [0.25, 0.3) is 0 Å². The number of pyridine rings is 1. The number of nitrogens with zero attached hydrogens (tertiary/aromatic N) is 1. The monoisotopic (exact) mass is 317 g/mol. The first-order valence-electron chi connectivity index (χ1n) is 6.57. The fraction of sp³-hybridized carbons (Fsp3) is 0.312. The van der Waals surface area contributed by atoms with Crippen molar-refractivity contribution in [3.05, 3.63) is 52.7 Å². The second-order valence-corrected chi connectivity index (χ2v) is 5.55. The highest BCUT2D eigenvalue weighted by Gasteiger charge is 2.12. The van der Waals surface area contributed by atoms with E-state index in [-0.39, 0.29) is 0 Å². The van der Waals surface area contributed by atoms with Gasteiger partial charge in [0.25, 0.3) is 0 Å². The summed E-state index contributed by atoms with van der Waals surface area (Å²) >= 11 is 3.44. The summed E-state index contributed by atoms with van der Waals surface area (Å²) in [6.45, 7) is 2.03. The van der Waals surface area contributed by atoms with Gasteiger partial charge in [0.05, 0.1) is 0 Å². The van der Waals surface area contributed by atoms with E-state index in [0.29, 0.717) is 5.88 Å². The maximum absolute atomic E-state index is 5.91. The number of ether oxygens (including phenoxy) is 1. The Morgan fingerprint density at radius 1 is 1.21 bits per heavy atom. The first-order chi connectivity index (χ1) is 9.26. The smallest absolute Gasteiger partial charge is 0.222 e. The van der Waals surface area contributed by atoms with Crippen LogP contribution in [0.5, 0.6) is 11.6 Å². The average molecular weight is 318 g/mol. The van der Waals surface area contributed by atoms with Crippen molar-refractivity contribution >= 4 is 15.9 Å². The molecule has 0 spiro atoms. The molecule has 2 nitrogen and oxygen atoms in total. The van der Waals surface area contributed by atoms with Gasteiger partial charge in [-0.3, -0.25) is 0 Å². The lowest BCUT2D eigenvalue weighted by Gasteiger charge is -2.09. The standard InChI is InChI=1S/C16H16BrNO/c1-11-7-12(9-17)10-18-16(11)19-15-6-5-13-3-2-4-14(13)8-15/h5-8,10H,2-4,9H2,1H3. The van der Waals surface area contributed by atoms with E-state index in [2.05, 4.69) is 39.1 Å². The largest absolute Gasteiger partial charge is 0.439 e. The number of hydrogen-bond acceptors (Lipinski definition) is 2. The SMILES string of the molecule is Cc1cc(CBr)cnc1Oc1ccc2c(c1)CCC2. The van der Waals surface area contributed by atoms with E-state index >= 15 is 0 Å². The molecule has 3 heteroatoms. The molecule has 1 heterocycles. The molecular weight excluding hydrogens is 302 g/mol. The van der Waals surface area contributed by atoms with Crippen LogP contribution in [-0.2, 0) is 18.2 Å². The van der Waals surface area contributed by atoms with E-state index in [1.54, 1.807) is 0 Å². The second-order valence-electron chi connectivity index (χ2n) is 4.99. The highest BCUT2D eigenvalue weighted by Crippen LogP contribution is 2.29. The lowest BCUT2D eigenvalue weighted by atomic mass is 10.1. The van der Waals surface area contributed by atoms with Crippen molar-refractivity contribution in [1.82, 2.24) is 4.98 Å². The molecule has 0 radical (unpaired) electrons. The van der Waals surface area contributed by atoms with Gasteiger partial charge in [-0.05, 0) is 61.1 Å². The van der Waals surface area contributed by atoms with Gasteiger partial charge < -0.3 is 4.74 Å². The summed E-state index contributed by atoms with van der Waals surface area (Å²) in [6, 6.07) is 8.48. The van der Waals surface area contributed by atoms with Gasteiger partial charge in [0, 0.05) is 17.1 Å². The molecule has 0 bridgehead atoms. The fourth-order valence-electron chi connectivity index (χ4n) is 2.52. The van der Waals surface area contributed by atoms with E-state index < -0.39 is 0 Å². The summed E-state index contributed by atoms with van der Waals surface area (Å²) in [5.41, 5.74) is 5.12. The topological polar surface area (TPSA) is 22.1 Å². The number of aryl methyl sites for hydroxylation is 3. The molecule has 0 N–H and O–H groups in total. The van der Waals surface area contributed by atoms with Crippen molar-refractivity contribution in [2.24, 2.45) is 0 Å². The minimum Gasteiger partial charge on any atom is -0.439 e. The molecule has 0 saturated carbocycles. The average Bonchev–Trinajstić information content (AvgIpc) is 2.88. The predicted octanol–water partition coefficient (Wildman–Crippen LogP) is 4.57. The van der Waals surface area contributed by atoms with E-state index in [4.69, 9.17) is 4.74 Å². The highest BCUT2D eigenvalue weighted by atomic mass is 79.9. The molecule has 98 valence electrons. The fourth-order valence-corrected chi connectivity index (χ4v) is 2.83. The van der Waals surface area contributed by atoms with Crippen molar-refractivity contribution in [2.75, 3.05) is 0 Å². The van der Waals surface area contributed by atoms with Gasteiger partial charge in [0.2, 0.25) is 5.88 Å². The molecule has 1 aliphatic carbocycles. The van der Waals surface area contributed by atoms with Gasteiger partial charge in [-0.1, -0.05) is 22.0 Å². The third kappa shape index (κ3) is 2.66. The quantitative estimate of drug-likeness (QED) is 0.774. The summed E-state index contributed by atoms with van der Waals surface area (Å²) in [5.74, 6) is 1.59. The number of aromatic nitrogens is 1. The molecule has 0 saturated heterocycles. The van der Waals surface area contributed by atoms with Gasteiger partial charge >= 0.3 is 0 Å². The lowest BCUT2D eigenvalue weighted by Crippen LogP contribution is -1.94.